The molecule has 0 radical (unpaired) electrons. The molecule has 0 atom stereocenters. The highest BCUT2D eigenvalue weighted by Crippen LogP contribution is 2.33. The van der Waals surface area contributed by atoms with Crippen molar-refractivity contribution in [1.82, 2.24) is 4.98 Å². The first-order valence-corrected chi connectivity index (χ1v) is 6.78. The van der Waals surface area contributed by atoms with E-state index in [-0.39, 0.29) is 11.5 Å². The molecule has 8 heteroatoms. The number of benzene rings is 1. The molecule has 0 amide bonds. The molecule has 0 saturated carbocycles. The maximum atomic E-state index is 11.1. The average molecular weight is 353 g/mol. The molecule has 0 saturated heterocycles. The Morgan fingerprint density at radius 2 is 2.10 bits per heavy atom. The van der Waals surface area contributed by atoms with Crippen LogP contribution in [0.25, 0.3) is 0 Å². The van der Waals surface area contributed by atoms with Crippen molar-refractivity contribution in [3.8, 4) is 5.75 Å². The smallest absolute Gasteiger partial charge is 0.311 e. The zero-order chi connectivity index (χ0) is 15.4. The van der Waals surface area contributed by atoms with E-state index in [1.54, 1.807) is 38.4 Å². The Hall–Kier alpha value is -2.35. The molecule has 0 aliphatic heterocycles. The molecule has 2 aromatic rings. The second-order valence-corrected chi connectivity index (χ2v) is 4.90. The second kappa shape index (κ2) is 6.40. The number of pyridine rings is 1. The number of anilines is 3. The van der Waals surface area contributed by atoms with Crippen LogP contribution in [0.1, 0.15) is 0 Å². The molecule has 0 aliphatic rings. The Labute approximate surface area is 129 Å². The van der Waals surface area contributed by atoms with Crippen LogP contribution in [0.3, 0.4) is 0 Å². The molecule has 0 fully saturated rings. The molecule has 0 aliphatic carbocycles. The quantitative estimate of drug-likeness (QED) is 0.631. The van der Waals surface area contributed by atoms with E-state index in [1.165, 1.54) is 6.07 Å². The minimum atomic E-state index is -0.483. The number of nitrogens with one attached hydrogen (secondary N) is 2. The third-order valence-corrected chi connectivity index (χ3v) is 3.44. The molecule has 2 N–H and O–H groups in total. The summed E-state index contributed by atoms with van der Waals surface area (Å²) in [6.07, 6.45) is 0. The van der Waals surface area contributed by atoms with Crippen molar-refractivity contribution in [2.75, 3.05) is 24.8 Å². The third-order valence-electron chi connectivity index (χ3n) is 2.75. The number of nitro groups is 1. The lowest BCUT2D eigenvalue weighted by Gasteiger charge is -2.11. The third kappa shape index (κ3) is 3.40. The molecular formula is C13H13BrN4O3. The molecule has 0 bridgehead atoms. The highest BCUT2D eigenvalue weighted by Gasteiger charge is 2.17. The molecule has 7 nitrogen and oxygen atoms in total. The van der Waals surface area contributed by atoms with E-state index in [0.29, 0.717) is 17.3 Å². The summed E-state index contributed by atoms with van der Waals surface area (Å²) in [6.45, 7) is 0. The number of halogens is 1. The normalized spacial score (nSPS) is 10.0. The lowest BCUT2D eigenvalue weighted by molar-refractivity contribution is -0.384. The first-order valence-electron chi connectivity index (χ1n) is 5.99. The molecular weight excluding hydrogens is 340 g/mol. The SMILES string of the molecule is CNc1ccc([N+](=O)[O-])c(Nc2cc(OC)ccc2Br)n1. The Morgan fingerprint density at radius 3 is 2.71 bits per heavy atom. The fourth-order valence-corrected chi connectivity index (χ4v) is 2.03. The minimum Gasteiger partial charge on any atom is -0.497 e. The summed E-state index contributed by atoms with van der Waals surface area (Å²) in [5.74, 6) is 1.32. The van der Waals surface area contributed by atoms with Gasteiger partial charge in [0.05, 0.1) is 17.7 Å². The number of methoxy groups -OCH3 is 1. The van der Waals surface area contributed by atoms with Crippen LogP contribution < -0.4 is 15.4 Å². The van der Waals surface area contributed by atoms with E-state index in [4.69, 9.17) is 4.74 Å². The second-order valence-electron chi connectivity index (χ2n) is 4.04. The van der Waals surface area contributed by atoms with Crippen LogP contribution in [0.5, 0.6) is 5.75 Å². The Balaban J connectivity index is 2.44. The molecule has 0 spiro atoms. The maximum absolute atomic E-state index is 11.1. The van der Waals surface area contributed by atoms with Crippen LogP contribution in [0.4, 0.5) is 23.0 Å². The highest BCUT2D eigenvalue weighted by atomic mass is 79.9. The van der Waals surface area contributed by atoms with E-state index in [2.05, 4.69) is 31.5 Å². The van der Waals surface area contributed by atoms with E-state index >= 15 is 0 Å². The summed E-state index contributed by atoms with van der Waals surface area (Å²) in [6, 6.07) is 8.23. The van der Waals surface area contributed by atoms with Gasteiger partial charge in [0.1, 0.15) is 11.6 Å². The van der Waals surface area contributed by atoms with Gasteiger partial charge >= 0.3 is 5.69 Å². The zero-order valence-electron chi connectivity index (χ0n) is 11.4. The average Bonchev–Trinajstić information content (AvgIpc) is 2.49. The van der Waals surface area contributed by atoms with Gasteiger partial charge in [-0.2, -0.15) is 0 Å². The number of ether oxygens (including phenoxy) is 1. The predicted octanol–water partition coefficient (Wildman–Crippen LogP) is 3.55. The summed E-state index contributed by atoms with van der Waals surface area (Å²) in [7, 11) is 3.24. The van der Waals surface area contributed by atoms with Gasteiger partial charge in [0, 0.05) is 23.7 Å². The molecule has 0 unspecified atom stereocenters. The van der Waals surface area contributed by atoms with Gasteiger partial charge in [-0.15, -0.1) is 0 Å². The summed E-state index contributed by atoms with van der Waals surface area (Å²) in [4.78, 5) is 14.8. The van der Waals surface area contributed by atoms with Crippen molar-refractivity contribution in [3.63, 3.8) is 0 Å². The standard InChI is InChI=1S/C13H13BrN4O3/c1-15-12-6-5-11(18(19)20)13(17-12)16-10-7-8(21-2)3-4-9(10)14/h3-7H,1-2H3,(H2,15,16,17). The molecule has 1 heterocycles. The predicted molar refractivity (Wildman–Crippen MR) is 84.4 cm³/mol. The number of nitrogens with zero attached hydrogens (tertiary/aromatic N) is 2. The lowest BCUT2D eigenvalue weighted by Crippen LogP contribution is -2.03. The Bertz CT molecular complexity index is 678. The first-order chi connectivity index (χ1) is 10.0. The van der Waals surface area contributed by atoms with Crippen molar-refractivity contribution in [3.05, 3.63) is 44.9 Å². The van der Waals surface area contributed by atoms with Crippen LogP contribution in [0.15, 0.2) is 34.8 Å². The van der Waals surface area contributed by atoms with Crippen molar-refractivity contribution < 1.29 is 9.66 Å². The topological polar surface area (TPSA) is 89.3 Å². The molecule has 21 heavy (non-hydrogen) atoms. The fourth-order valence-electron chi connectivity index (χ4n) is 1.69. The monoisotopic (exact) mass is 352 g/mol. The molecule has 110 valence electrons. The van der Waals surface area contributed by atoms with Crippen LogP contribution in [-0.4, -0.2) is 24.1 Å². The van der Waals surface area contributed by atoms with E-state index in [9.17, 15) is 10.1 Å². The lowest BCUT2D eigenvalue weighted by atomic mass is 10.3. The van der Waals surface area contributed by atoms with Gasteiger partial charge in [-0.3, -0.25) is 10.1 Å². The molecule has 2 rings (SSSR count). The van der Waals surface area contributed by atoms with Gasteiger partial charge < -0.3 is 15.4 Å². The highest BCUT2D eigenvalue weighted by molar-refractivity contribution is 9.10. The largest absolute Gasteiger partial charge is 0.497 e. The van der Waals surface area contributed by atoms with E-state index in [0.717, 1.165) is 4.47 Å². The van der Waals surface area contributed by atoms with Crippen LogP contribution >= 0.6 is 15.9 Å². The van der Waals surface area contributed by atoms with E-state index < -0.39 is 4.92 Å². The Kier molecular flexibility index (Phi) is 4.59. The number of rotatable bonds is 5. The van der Waals surface area contributed by atoms with Crippen LogP contribution in [0, 0.1) is 10.1 Å². The fraction of sp³-hybridized carbons (Fsp3) is 0.154. The maximum Gasteiger partial charge on any atom is 0.311 e. The van der Waals surface area contributed by atoms with E-state index in [1.807, 2.05) is 0 Å². The Morgan fingerprint density at radius 1 is 1.33 bits per heavy atom. The summed E-state index contributed by atoms with van der Waals surface area (Å²) in [5, 5.41) is 16.9. The van der Waals surface area contributed by atoms with Gasteiger partial charge in [0.25, 0.3) is 0 Å². The van der Waals surface area contributed by atoms with Gasteiger partial charge in [-0.25, -0.2) is 4.98 Å². The number of hydrogen-bond acceptors (Lipinski definition) is 6. The first kappa shape index (κ1) is 15.0. The summed E-state index contributed by atoms with van der Waals surface area (Å²) < 4.78 is 5.89. The van der Waals surface area contributed by atoms with Gasteiger partial charge in [-0.1, -0.05) is 0 Å². The van der Waals surface area contributed by atoms with Gasteiger partial charge in [0.2, 0.25) is 5.82 Å². The summed E-state index contributed by atoms with van der Waals surface area (Å²) in [5.41, 5.74) is 0.516. The van der Waals surface area contributed by atoms with Crippen molar-refractivity contribution in [1.29, 1.82) is 0 Å². The summed E-state index contributed by atoms with van der Waals surface area (Å²) >= 11 is 3.38. The number of aromatic nitrogens is 1. The molecule has 1 aromatic heterocycles. The van der Waals surface area contributed by atoms with Gasteiger partial charge in [0.15, 0.2) is 0 Å². The molecule has 1 aromatic carbocycles. The number of hydrogen-bond donors (Lipinski definition) is 2. The zero-order valence-corrected chi connectivity index (χ0v) is 13.0. The van der Waals surface area contributed by atoms with Crippen LogP contribution in [0.2, 0.25) is 0 Å². The van der Waals surface area contributed by atoms with Crippen LogP contribution in [-0.2, 0) is 0 Å². The van der Waals surface area contributed by atoms with Crippen molar-refractivity contribution in [2.24, 2.45) is 0 Å². The van der Waals surface area contributed by atoms with Gasteiger partial charge in [-0.05, 0) is 34.1 Å². The van der Waals surface area contributed by atoms with Crippen molar-refractivity contribution in [2.45, 2.75) is 0 Å². The minimum absolute atomic E-state index is 0.108. The van der Waals surface area contributed by atoms with Crippen molar-refractivity contribution >= 4 is 38.9 Å².